The third-order valence-corrected chi connectivity index (χ3v) is 3.87. The highest BCUT2D eigenvalue weighted by Crippen LogP contribution is 2.31. The van der Waals surface area contributed by atoms with Crippen LogP contribution >= 0.6 is 0 Å². The normalized spacial score (nSPS) is 21.5. The smallest absolute Gasteiger partial charge is 0.337 e. The molecule has 0 aromatic heterocycles. The Hall–Kier alpha value is -1.88. The Morgan fingerprint density at radius 3 is 2.60 bits per heavy atom. The van der Waals surface area contributed by atoms with Gasteiger partial charge in [-0.2, -0.15) is 0 Å². The first-order valence-electron chi connectivity index (χ1n) is 6.85. The Morgan fingerprint density at radius 1 is 1.30 bits per heavy atom. The van der Waals surface area contributed by atoms with Crippen LogP contribution in [0.3, 0.4) is 0 Å². The molecule has 1 aliphatic rings. The number of carbonyl (C=O) groups is 2. The lowest BCUT2D eigenvalue weighted by Crippen LogP contribution is -2.29. The Balaban J connectivity index is 1.99. The van der Waals surface area contributed by atoms with E-state index >= 15 is 0 Å². The molecule has 1 amide bonds. The molecular weight excluding hydrogens is 256 g/mol. The average molecular weight is 276 g/mol. The second kappa shape index (κ2) is 6.52. The number of anilines is 1. The molecule has 0 radical (unpaired) electrons. The zero-order valence-corrected chi connectivity index (χ0v) is 11.6. The molecule has 5 nitrogen and oxygen atoms in total. The number of amides is 1. The number of esters is 1. The van der Waals surface area contributed by atoms with Crippen molar-refractivity contribution >= 4 is 17.6 Å². The van der Waals surface area contributed by atoms with Crippen LogP contribution in [0.2, 0.25) is 0 Å². The maximum absolute atomic E-state index is 12.2. The molecule has 2 unspecified atom stereocenters. The highest BCUT2D eigenvalue weighted by molar-refractivity contribution is 5.94. The van der Waals surface area contributed by atoms with E-state index in [-0.39, 0.29) is 23.7 Å². The molecule has 2 atom stereocenters. The van der Waals surface area contributed by atoms with Gasteiger partial charge in [0.1, 0.15) is 0 Å². The molecule has 3 N–H and O–H groups in total. The van der Waals surface area contributed by atoms with Crippen LogP contribution in [-0.2, 0) is 9.53 Å². The minimum atomic E-state index is -0.387. The largest absolute Gasteiger partial charge is 0.465 e. The van der Waals surface area contributed by atoms with E-state index in [4.69, 9.17) is 5.73 Å². The van der Waals surface area contributed by atoms with Crippen LogP contribution in [0, 0.1) is 11.8 Å². The van der Waals surface area contributed by atoms with Crippen molar-refractivity contribution in [2.24, 2.45) is 17.6 Å². The molecule has 0 bridgehead atoms. The van der Waals surface area contributed by atoms with Crippen molar-refractivity contribution in [3.8, 4) is 0 Å². The summed E-state index contributed by atoms with van der Waals surface area (Å²) in [5, 5.41) is 2.89. The van der Waals surface area contributed by atoms with Crippen molar-refractivity contribution in [1.82, 2.24) is 0 Å². The monoisotopic (exact) mass is 276 g/mol. The van der Waals surface area contributed by atoms with Gasteiger partial charge in [-0.3, -0.25) is 4.79 Å². The van der Waals surface area contributed by atoms with Crippen LogP contribution in [0.1, 0.15) is 29.6 Å². The quantitative estimate of drug-likeness (QED) is 0.821. The minimum Gasteiger partial charge on any atom is -0.465 e. The van der Waals surface area contributed by atoms with E-state index in [0.717, 1.165) is 19.3 Å². The van der Waals surface area contributed by atoms with E-state index in [1.165, 1.54) is 7.11 Å². The van der Waals surface area contributed by atoms with E-state index in [1.807, 2.05) is 0 Å². The Labute approximate surface area is 118 Å². The third kappa shape index (κ3) is 3.17. The summed E-state index contributed by atoms with van der Waals surface area (Å²) in [6.45, 7) is 0.555. The predicted molar refractivity (Wildman–Crippen MR) is 76.3 cm³/mol. The van der Waals surface area contributed by atoms with E-state index in [2.05, 4.69) is 10.1 Å². The van der Waals surface area contributed by atoms with E-state index in [0.29, 0.717) is 17.8 Å². The molecule has 1 aromatic carbocycles. The molecule has 0 heterocycles. The molecule has 1 saturated carbocycles. The number of benzene rings is 1. The van der Waals surface area contributed by atoms with Gasteiger partial charge in [0, 0.05) is 11.6 Å². The number of nitrogens with one attached hydrogen (secondary N) is 1. The summed E-state index contributed by atoms with van der Waals surface area (Å²) in [4.78, 5) is 23.5. The van der Waals surface area contributed by atoms with Gasteiger partial charge in [0.05, 0.1) is 12.7 Å². The van der Waals surface area contributed by atoms with Gasteiger partial charge >= 0.3 is 5.97 Å². The fourth-order valence-electron chi connectivity index (χ4n) is 2.71. The van der Waals surface area contributed by atoms with Gasteiger partial charge in [-0.25, -0.2) is 4.79 Å². The van der Waals surface area contributed by atoms with Crippen LogP contribution < -0.4 is 11.1 Å². The van der Waals surface area contributed by atoms with Crippen molar-refractivity contribution in [3.05, 3.63) is 29.8 Å². The Bertz CT molecular complexity index is 484. The second-order valence-electron chi connectivity index (χ2n) is 5.09. The fourth-order valence-corrected chi connectivity index (χ4v) is 2.71. The van der Waals surface area contributed by atoms with Gasteiger partial charge in [0.2, 0.25) is 5.91 Å². The first kappa shape index (κ1) is 14.5. The molecule has 1 fully saturated rings. The molecule has 0 aliphatic heterocycles. The highest BCUT2D eigenvalue weighted by atomic mass is 16.5. The topological polar surface area (TPSA) is 81.4 Å². The maximum Gasteiger partial charge on any atom is 0.337 e. The van der Waals surface area contributed by atoms with Crippen LogP contribution in [-0.4, -0.2) is 25.5 Å². The lowest BCUT2D eigenvalue weighted by atomic mass is 9.95. The molecule has 5 heteroatoms. The Morgan fingerprint density at radius 2 is 2.00 bits per heavy atom. The molecule has 1 aromatic rings. The summed E-state index contributed by atoms with van der Waals surface area (Å²) in [7, 11) is 1.34. The first-order chi connectivity index (χ1) is 9.65. The first-order valence-corrected chi connectivity index (χ1v) is 6.85. The molecular formula is C15H20N2O3. The zero-order chi connectivity index (χ0) is 14.5. The molecule has 0 spiro atoms. The van der Waals surface area contributed by atoms with Crippen LogP contribution in [0.5, 0.6) is 0 Å². The number of hydrogen-bond donors (Lipinski definition) is 2. The van der Waals surface area contributed by atoms with E-state index < -0.39 is 0 Å². The van der Waals surface area contributed by atoms with Crippen molar-refractivity contribution in [2.75, 3.05) is 19.0 Å². The second-order valence-corrected chi connectivity index (χ2v) is 5.09. The van der Waals surface area contributed by atoms with Crippen molar-refractivity contribution in [3.63, 3.8) is 0 Å². The van der Waals surface area contributed by atoms with E-state index in [1.54, 1.807) is 24.3 Å². The summed E-state index contributed by atoms with van der Waals surface area (Å²) in [6.07, 6.45) is 2.98. The van der Waals surface area contributed by atoms with Gasteiger partial charge in [-0.15, -0.1) is 0 Å². The molecule has 20 heavy (non-hydrogen) atoms. The van der Waals surface area contributed by atoms with Crippen LogP contribution in [0.4, 0.5) is 5.69 Å². The van der Waals surface area contributed by atoms with Crippen LogP contribution in [0.25, 0.3) is 0 Å². The zero-order valence-electron chi connectivity index (χ0n) is 11.6. The predicted octanol–water partition coefficient (Wildman–Crippen LogP) is 1.79. The SMILES string of the molecule is COC(=O)c1ccc(NC(=O)C2CCCC2CN)cc1. The number of rotatable bonds is 4. The van der Waals surface area contributed by atoms with Gasteiger partial charge in [-0.1, -0.05) is 6.42 Å². The molecule has 1 aliphatic carbocycles. The lowest BCUT2D eigenvalue weighted by molar-refractivity contribution is -0.120. The maximum atomic E-state index is 12.2. The molecule has 2 rings (SSSR count). The molecule has 0 saturated heterocycles. The van der Waals surface area contributed by atoms with Crippen molar-refractivity contribution in [2.45, 2.75) is 19.3 Å². The molecule has 108 valence electrons. The standard InChI is InChI=1S/C15H20N2O3/c1-20-15(19)10-5-7-12(8-6-10)17-14(18)13-4-2-3-11(13)9-16/h5-8,11,13H,2-4,9,16H2,1H3,(H,17,18). The van der Waals surface area contributed by atoms with Gasteiger partial charge < -0.3 is 15.8 Å². The Kier molecular flexibility index (Phi) is 4.74. The van der Waals surface area contributed by atoms with Crippen molar-refractivity contribution < 1.29 is 14.3 Å². The minimum absolute atomic E-state index is 0.000263. The third-order valence-electron chi connectivity index (χ3n) is 3.87. The van der Waals surface area contributed by atoms with Crippen LogP contribution in [0.15, 0.2) is 24.3 Å². The van der Waals surface area contributed by atoms with Gasteiger partial charge in [0.25, 0.3) is 0 Å². The summed E-state index contributed by atoms with van der Waals surface area (Å²) in [6, 6.07) is 6.68. The summed E-state index contributed by atoms with van der Waals surface area (Å²) in [5.74, 6) is -0.0877. The van der Waals surface area contributed by atoms with Gasteiger partial charge in [-0.05, 0) is 49.6 Å². The average Bonchev–Trinajstić information content (AvgIpc) is 2.95. The highest BCUT2D eigenvalue weighted by Gasteiger charge is 2.31. The summed E-state index contributed by atoms with van der Waals surface area (Å²) < 4.78 is 4.63. The number of methoxy groups -OCH3 is 1. The van der Waals surface area contributed by atoms with Crippen molar-refractivity contribution in [1.29, 1.82) is 0 Å². The van der Waals surface area contributed by atoms with Gasteiger partial charge in [0.15, 0.2) is 0 Å². The fraction of sp³-hybridized carbons (Fsp3) is 0.467. The lowest BCUT2D eigenvalue weighted by Gasteiger charge is -2.17. The summed E-state index contributed by atoms with van der Waals surface area (Å²) >= 11 is 0. The number of hydrogen-bond acceptors (Lipinski definition) is 4. The number of ether oxygens (including phenoxy) is 1. The number of carbonyl (C=O) groups excluding carboxylic acids is 2. The number of nitrogens with two attached hydrogens (primary N) is 1. The summed E-state index contributed by atoms with van der Waals surface area (Å²) in [5.41, 5.74) is 6.84. The van der Waals surface area contributed by atoms with E-state index in [9.17, 15) is 9.59 Å².